The summed E-state index contributed by atoms with van der Waals surface area (Å²) in [4.78, 5) is 14.2. The van der Waals surface area contributed by atoms with E-state index in [9.17, 15) is 9.18 Å². The number of para-hydroxylation sites is 1. The molecule has 98 valence electrons. The molecule has 0 bridgehead atoms. The molecule has 1 aromatic carbocycles. The maximum atomic E-state index is 13.6. The lowest BCUT2D eigenvalue weighted by molar-refractivity contribution is 0.0636. The van der Waals surface area contributed by atoms with Gasteiger partial charge in [-0.3, -0.25) is 10.6 Å². The molecule has 0 spiro atoms. The highest BCUT2D eigenvalue weighted by Gasteiger charge is 2.26. The maximum Gasteiger partial charge on any atom is 0.256 e. The lowest BCUT2D eigenvalue weighted by atomic mass is 10.0. The molecule has 3 N–H and O–H groups in total. The zero-order chi connectivity index (χ0) is 13.1. The van der Waals surface area contributed by atoms with Crippen molar-refractivity contribution in [2.45, 2.75) is 32.2 Å². The zero-order valence-corrected chi connectivity index (χ0v) is 10.4. The standard InChI is InChI=1S/C13H18FN3O/c1-9-5-2-3-8-17(9)13(18)10-6-4-7-11(14)12(10)16-15/h4,6-7,9,16H,2-3,5,8,15H2,1H3. The third kappa shape index (κ3) is 2.31. The number of carbonyl (C=O) groups excluding carboxylic acids is 1. The Hall–Kier alpha value is -1.62. The Morgan fingerprint density at radius 2 is 2.28 bits per heavy atom. The summed E-state index contributed by atoms with van der Waals surface area (Å²) in [5, 5.41) is 0. The molecule has 1 aromatic rings. The minimum absolute atomic E-state index is 0.0697. The van der Waals surface area contributed by atoms with Gasteiger partial charge in [0.15, 0.2) is 0 Å². The number of carbonyl (C=O) groups is 1. The third-order valence-electron chi connectivity index (χ3n) is 3.45. The number of nitrogen functional groups attached to an aromatic ring is 1. The number of amides is 1. The van der Waals surface area contributed by atoms with E-state index < -0.39 is 5.82 Å². The van der Waals surface area contributed by atoms with E-state index in [2.05, 4.69) is 5.43 Å². The average Bonchev–Trinajstić information content (AvgIpc) is 2.38. The maximum absolute atomic E-state index is 13.6. The van der Waals surface area contributed by atoms with Crippen LogP contribution in [0.2, 0.25) is 0 Å². The van der Waals surface area contributed by atoms with E-state index in [0.29, 0.717) is 5.56 Å². The van der Waals surface area contributed by atoms with Crippen molar-refractivity contribution in [1.82, 2.24) is 4.90 Å². The smallest absolute Gasteiger partial charge is 0.256 e. The van der Waals surface area contributed by atoms with Crippen molar-refractivity contribution in [2.24, 2.45) is 5.84 Å². The second kappa shape index (κ2) is 5.35. The Kier molecular flexibility index (Phi) is 3.81. The van der Waals surface area contributed by atoms with Crippen LogP contribution in [0.3, 0.4) is 0 Å². The summed E-state index contributed by atoms with van der Waals surface area (Å²) in [6, 6.07) is 4.60. The molecule has 18 heavy (non-hydrogen) atoms. The van der Waals surface area contributed by atoms with Crippen LogP contribution in [0.25, 0.3) is 0 Å². The van der Waals surface area contributed by atoms with Crippen molar-refractivity contribution in [1.29, 1.82) is 0 Å². The van der Waals surface area contributed by atoms with Gasteiger partial charge in [0.2, 0.25) is 0 Å². The van der Waals surface area contributed by atoms with Crippen LogP contribution in [0, 0.1) is 5.82 Å². The van der Waals surface area contributed by atoms with Gasteiger partial charge in [0.1, 0.15) is 5.82 Å². The molecule has 0 saturated carbocycles. The lowest BCUT2D eigenvalue weighted by Crippen LogP contribution is -2.42. The van der Waals surface area contributed by atoms with Crippen LogP contribution in [0.4, 0.5) is 10.1 Å². The fourth-order valence-corrected chi connectivity index (χ4v) is 2.40. The van der Waals surface area contributed by atoms with Crippen molar-refractivity contribution in [2.75, 3.05) is 12.0 Å². The first-order valence-corrected chi connectivity index (χ1v) is 6.21. The summed E-state index contributed by atoms with van der Waals surface area (Å²) in [6.07, 6.45) is 3.12. The minimum atomic E-state index is -0.506. The second-order valence-electron chi connectivity index (χ2n) is 4.65. The number of likely N-dealkylation sites (tertiary alicyclic amines) is 1. The molecule has 1 aliphatic heterocycles. The molecule has 1 atom stereocenters. The van der Waals surface area contributed by atoms with Gasteiger partial charge in [-0.1, -0.05) is 6.07 Å². The van der Waals surface area contributed by atoms with E-state index in [1.807, 2.05) is 6.92 Å². The number of piperidine rings is 1. The molecule has 0 radical (unpaired) electrons. The Balaban J connectivity index is 2.30. The number of rotatable bonds is 2. The lowest BCUT2D eigenvalue weighted by Gasteiger charge is -2.33. The van der Waals surface area contributed by atoms with Crippen molar-refractivity contribution in [3.8, 4) is 0 Å². The van der Waals surface area contributed by atoms with Crippen molar-refractivity contribution in [3.63, 3.8) is 0 Å². The van der Waals surface area contributed by atoms with Crippen LogP contribution in [-0.2, 0) is 0 Å². The SMILES string of the molecule is CC1CCCCN1C(=O)c1cccc(F)c1NN. The first-order valence-electron chi connectivity index (χ1n) is 6.21. The molecule has 2 rings (SSSR count). The van der Waals surface area contributed by atoms with Crippen LogP contribution in [0.15, 0.2) is 18.2 Å². The Morgan fingerprint density at radius 1 is 1.50 bits per heavy atom. The van der Waals surface area contributed by atoms with Gasteiger partial charge in [0.05, 0.1) is 11.3 Å². The number of nitrogens with zero attached hydrogens (tertiary/aromatic N) is 1. The number of hydrogen-bond donors (Lipinski definition) is 2. The predicted molar refractivity (Wildman–Crippen MR) is 68.6 cm³/mol. The van der Waals surface area contributed by atoms with Crippen molar-refractivity contribution >= 4 is 11.6 Å². The minimum Gasteiger partial charge on any atom is -0.336 e. The topological polar surface area (TPSA) is 58.4 Å². The predicted octanol–water partition coefficient (Wildman–Crippen LogP) is 2.13. The summed E-state index contributed by atoms with van der Waals surface area (Å²) >= 11 is 0. The molecular formula is C13H18FN3O. The van der Waals surface area contributed by atoms with Crippen molar-refractivity contribution < 1.29 is 9.18 Å². The summed E-state index contributed by atoms with van der Waals surface area (Å²) in [5.74, 6) is 4.63. The number of anilines is 1. The van der Waals surface area contributed by atoms with E-state index in [1.54, 1.807) is 11.0 Å². The fourth-order valence-electron chi connectivity index (χ4n) is 2.40. The Morgan fingerprint density at radius 3 is 2.94 bits per heavy atom. The van der Waals surface area contributed by atoms with Crippen molar-refractivity contribution in [3.05, 3.63) is 29.6 Å². The molecule has 4 nitrogen and oxygen atoms in total. The molecule has 0 aromatic heterocycles. The zero-order valence-electron chi connectivity index (χ0n) is 10.4. The molecule has 0 aliphatic carbocycles. The summed E-state index contributed by atoms with van der Waals surface area (Å²) in [5.41, 5.74) is 2.64. The third-order valence-corrected chi connectivity index (χ3v) is 3.45. The number of halogens is 1. The number of nitrogens with one attached hydrogen (secondary N) is 1. The molecule has 1 heterocycles. The van der Waals surface area contributed by atoms with E-state index in [4.69, 9.17) is 5.84 Å². The molecule has 1 aliphatic rings. The summed E-state index contributed by atoms with van der Waals surface area (Å²) in [7, 11) is 0. The van der Waals surface area contributed by atoms with Gasteiger partial charge in [-0.25, -0.2) is 4.39 Å². The number of hydrazine groups is 1. The highest BCUT2D eigenvalue weighted by atomic mass is 19.1. The van der Waals surface area contributed by atoms with Gasteiger partial charge in [-0.05, 0) is 38.3 Å². The molecule has 5 heteroatoms. The van der Waals surface area contributed by atoms with Gasteiger partial charge in [-0.2, -0.15) is 0 Å². The first-order chi connectivity index (χ1) is 8.65. The van der Waals surface area contributed by atoms with E-state index in [0.717, 1.165) is 25.8 Å². The molecule has 1 saturated heterocycles. The van der Waals surface area contributed by atoms with Crippen LogP contribution < -0.4 is 11.3 Å². The second-order valence-corrected chi connectivity index (χ2v) is 4.65. The quantitative estimate of drug-likeness (QED) is 0.625. The van der Waals surface area contributed by atoms with Crippen LogP contribution in [0.1, 0.15) is 36.5 Å². The van der Waals surface area contributed by atoms with Gasteiger partial charge in [-0.15, -0.1) is 0 Å². The number of hydrogen-bond acceptors (Lipinski definition) is 3. The van der Waals surface area contributed by atoms with Gasteiger partial charge < -0.3 is 10.3 Å². The highest BCUT2D eigenvalue weighted by molar-refractivity contribution is 5.99. The first kappa shape index (κ1) is 12.8. The van der Waals surface area contributed by atoms with Crippen LogP contribution in [0.5, 0.6) is 0 Å². The van der Waals surface area contributed by atoms with Gasteiger partial charge >= 0.3 is 0 Å². The van der Waals surface area contributed by atoms with Gasteiger partial charge in [0, 0.05) is 12.6 Å². The number of benzene rings is 1. The van der Waals surface area contributed by atoms with Crippen LogP contribution >= 0.6 is 0 Å². The normalized spacial score (nSPS) is 19.7. The van der Waals surface area contributed by atoms with E-state index in [-0.39, 0.29) is 17.6 Å². The van der Waals surface area contributed by atoms with Crippen LogP contribution in [-0.4, -0.2) is 23.4 Å². The number of nitrogens with two attached hydrogens (primary N) is 1. The highest BCUT2D eigenvalue weighted by Crippen LogP contribution is 2.24. The fraction of sp³-hybridized carbons (Fsp3) is 0.462. The molecule has 1 fully saturated rings. The van der Waals surface area contributed by atoms with E-state index >= 15 is 0 Å². The van der Waals surface area contributed by atoms with Gasteiger partial charge in [0.25, 0.3) is 5.91 Å². The Bertz CT molecular complexity index is 450. The Labute approximate surface area is 106 Å². The molecular weight excluding hydrogens is 233 g/mol. The molecule has 1 unspecified atom stereocenters. The summed E-state index contributed by atoms with van der Waals surface area (Å²) < 4.78 is 13.6. The molecule has 1 amide bonds. The largest absolute Gasteiger partial charge is 0.336 e. The van der Waals surface area contributed by atoms with E-state index in [1.165, 1.54) is 12.1 Å². The average molecular weight is 251 g/mol. The monoisotopic (exact) mass is 251 g/mol. The summed E-state index contributed by atoms with van der Waals surface area (Å²) in [6.45, 7) is 2.74.